The van der Waals surface area contributed by atoms with Crippen molar-refractivity contribution in [3.8, 4) is 11.5 Å². The van der Waals surface area contributed by atoms with E-state index < -0.39 is 28.9 Å². The number of aromatic hydroxyl groups is 1. The van der Waals surface area contributed by atoms with Gasteiger partial charge in [-0.3, -0.25) is 19.5 Å². The van der Waals surface area contributed by atoms with Gasteiger partial charge in [0, 0.05) is 35.4 Å². The first-order valence-electron chi connectivity index (χ1n) is 13.6. The topological polar surface area (TPSA) is 112 Å². The van der Waals surface area contributed by atoms with E-state index in [1.165, 1.54) is 12.8 Å². The van der Waals surface area contributed by atoms with E-state index in [-0.39, 0.29) is 24.0 Å². The normalized spacial score (nSPS) is 33.1. The molecule has 8 heteroatoms. The van der Waals surface area contributed by atoms with Crippen molar-refractivity contribution in [2.75, 3.05) is 18.4 Å². The number of benzene rings is 2. The fourth-order valence-electron chi connectivity index (χ4n) is 7.91. The number of anilines is 1. The van der Waals surface area contributed by atoms with E-state index in [1.54, 1.807) is 18.3 Å². The van der Waals surface area contributed by atoms with Crippen LogP contribution in [0, 0.1) is 11.8 Å². The Bertz CT molecular complexity index is 1540. The Kier molecular flexibility index (Phi) is 4.47. The van der Waals surface area contributed by atoms with Gasteiger partial charge in [-0.1, -0.05) is 12.1 Å². The van der Waals surface area contributed by atoms with Crippen molar-refractivity contribution < 1.29 is 24.5 Å². The highest BCUT2D eigenvalue weighted by Gasteiger charge is 2.75. The fraction of sp³-hybridized carbons (Fsp3) is 0.433. The third-order valence-electron chi connectivity index (χ3n) is 9.82. The lowest BCUT2D eigenvalue weighted by atomic mass is 9.47. The second kappa shape index (κ2) is 7.55. The van der Waals surface area contributed by atoms with Crippen molar-refractivity contribution >= 4 is 28.3 Å². The van der Waals surface area contributed by atoms with Gasteiger partial charge in [-0.25, -0.2) is 0 Å². The zero-order valence-electron chi connectivity index (χ0n) is 20.9. The number of Topliss-reactive ketones (excluding diaryl/α,β-unsaturated/α-hetero) is 1. The summed E-state index contributed by atoms with van der Waals surface area (Å²) in [6.07, 6.45) is 4.31. The Labute approximate surface area is 219 Å². The van der Waals surface area contributed by atoms with E-state index >= 15 is 0 Å². The van der Waals surface area contributed by atoms with Gasteiger partial charge in [-0.2, -0.15) is 0 Å². The van der Waals surface area contributed by atoms with E-state index in [0.717, 1.165) is 35.1 Å². The number of fused-ring (bicyclic) bond motifs is 1. The third-order valence-corrected chi connectivity index (χ3v) is 9.82. The van der Waals surface area contributed by atoms with Gasteiger partial charge < -0.3 is 20.3 Å². The molecule has 3 N–H and O–H groups in total. The maximum Gasteiger partial charge on any atom is 0.235 e. The molecule has 1 amide bonds. The maximum absolute atomic E-state index is 14.0. The molecule has 3 aliphatic carbocycles. The van der Waals surface area contributed by atoms with Gasteiger partial charge in [-0.05, 0) is 80.5 Å². The zero-order chi connectivity index (χ0) is 25.8. The van der Waals surface area contributed by atoms with E-state index in [4.69, 9.17) is 4.74 Å². The monoisotopic (exact) mass is 511 g/mol. The SMILES string of the molecule is O=C(Nc1ccc2ncccc2c1)C1C[C@@]2(O)[C@H]3Cc4ccc(O)c5c4[C@@]2(CCN3CC2CC2)[C@@H](O5)C1=O. The number of nitrogens with one attached hydrogen (secondary N) is 1. The first-order chi connectivity index (χ1) is 18.4. The van der Waals surface area contributed by atoms with Crippen LogP contribution in [0.15, 0.2) is 48.7 Å². The molecule has 194 valence electrons. The van der Waals surface area contributed by atoms with Gasteiger partial charge in [0.2, 0.25) is 5.91 Å². The molecule has 5 atom stereocenters. The van der Waals surface area contributed by atoms with Crippen LogP contribution in [-0.2, 0) is 21.4 Å². The zero-order valence-corrected chi connectivity index (χ0v) is 20.9. The number of aliphatic hydroxyl groups is 1. The number of hydrogen-bond acceptors (Lipinski definition) is 7. The number of carbonyl (C=O) groups excluding carboxylic acids is 2. The molecule has 8 rings (SSSR count). The number of amides is 1. The average Bonchev–Trinajstić information content (AvgIpc) is 3.65. The van der Waals surface area contributed by atoms with Crippen LogP contribution in [0.2, 0.25) is 0 Å². The van der Waals surface area contributed by atoms with Crippen LogP contribution in [0.1, 0.15) is 36.8 Å². The summed E-state index contributed by atoms with van der Waals surface area (Å²) in [7, 11) is 0. The fourth-order valence-corrected chi connectivity index (χ4v) is 7.91. The van der Waals surface area contributed by atoms with Crippen molar-refractivity contribution in [1.29, 1.82) is 0 Å². The number of hydrogen-bond donors (Lipinski definition) is 3. The summed E-state index contributed by atoms with van der Waals surface area (Å²) >= 11 is 0. The van der Waals surface area contributed by atoms with Gasteiger partial charge in [0.25, 0.3) is 0 Å². The summed E-state index contributed by atoms with van der Waals surface area (Å²) in [6.45, 7) is 1.68. The smallest absolute Gasteiger partial charge is 0.235 e. The van der Waals surface area contributed by atoms with E-state index in [1.807, 2.05) is 30.3 Å². The predicted octanol–water partition coefficient (Wildman–Crippen LogP) is 2.94. The summed E-state index contributed by atoms with van der Waals surface area (Å²) in [5, 5.41) is 27.2. The second-order valence-electron chi connectivity index (χ2n) is 11.8. The van der Waals surface area contributed by atoms with Gasteiger partial charge in [0.15, 0.2) is 23.4 Å². The Morgan fingerprint density at radius 3 is 2.92 bits per heavy atom. The molecule has 1 spiro atoms. The van der Waals surface area contributed by atoms with Gasteiger partial charge in [0.05, 0.1) is 16.5 Å². The molecule has 1 unspecified atom stereocenters. The maximum atomic E-state index is 14.0. The summed E-state index contributed by atoms with van der Waals surface area (Å²) in [4.78, 5) is 34.4. The molecule has 2 saturated carbocycles. The number of piperidine rings is 1. The molecular formula is C30H29N3O5. The lowest BCUT2D eigenvalue weighted by Crippen LogP contribution is -2.78. The highest BCUT2D eigenvalue weighted by molar-refractivity contribution is 6.11. The first-order valence-corrected chi connectivity index (χ1v) is 13.6. The van der Waals surface area contributed by atoms with Crippen LogP contribution in [0.5, 0.6) is 11.5 Å². The van der Waals surface area contributed by atoms with Crippen LogP contribution in [0.25, 0.3) is 10.9 Å². The molecule has 5 aliphatic rings. The number of ketones is 1. The first kappa shape index (κ1) is 22.5. The number of rotatable bonds is 4. The van der Waals surface area contributed by atoms with Gasteiger partial charge >= 0.3 is 0 Å². The largest absolute Gasteiger partial charge is 0.504 e. The quantitative estimate of drug-likeness (QED) is 0.462. The lowest BCUT2D eigenvalue weighted by Gasteiger charge is -2.63. The summed E-state index contributed by atoms with van der Waals surface area (Å²) in [5.41, 5.74) is 0.902. The molecule has 38 heavy (non-hydrogen) atoms. The summed E-state index contributed by atoms with van der Waals surface area (Å²) < 4.78 is 6.24. The Hall–Kier alpha value is -3.49. The van der Waals surface area contributed by atoms with Crippen molar-refractivity contribution in [3.05, 3.63) is 59.8 Å². The number of ether oxygens (including phenoxy) is 1. The molecule has 3 heterocycles. The molecule has 2 bridgehead atoms. The number of nitrogens with zero attached hydrogens (tertiary/aromatic N) is 2. The minimum atomic E-state index is -1.33. The van der Waals surface area contributed by atoms with Crippen LogP contribution in [0.3, 0.4) is 0 Å². The highest BCUT2D eigenvalue weighted by Crippen LogP contribution is 2.65. The Morgan fingerprint density at radius 2 is 2.08 bits per heavy atom. The van der Waals surface area contributed by atoms with E-state index in [9.17, 15) is 19.8 Å². The predicted molar refractivity (Wildman–Crippen MR) is 139 cm³/mol. The second-order valence-corrected chi connectivity index (χ2v) is 11.8. The van der Waals surface area contributed by atoms with Crippen LogP contribution < -0.4 is 10.1 Å². The highest BCUT2D eigenvalue weighted by atomic mass is 16.5. The number of likely N-dealkylation sites (tertiary alicyclic amines) is 1. The number of aromatic nitrogens is 1. The minimum absolute atomic E-state index is 0.0210. The van der Waals surface area contributed by atoms with Gasteiger partial charge in [0.1, 0.15) is 5.92 Å². The molecule has 3 fully saturated rings. The van der Waals surface area contributed by atoms with Crippen LogP contribution in [-0.4, -0.2) is 62.6 Å². The van der Waals surface area contributed by atoms with Crippen LogP contribution >= 0.6 is 0 Å². The van der Waals surface area contributed by atoms with Gasteiger partial charge in [-0.15, -0.1) is 0 Å². The molecule has 3 aromatic rings. The van der Waals surface area contributed by atoms with E-state index in [2.05, 4.69) is 15.2 Å². The van der Waals surface area contributed by atoms with Crippen molar-refractivity contribution in [3.63, 3.8) is 0 Å². The standard InChI is InChI=1S/C30H29N3O5/c34-22-8-5-18-13-23-30(37)14-20(28(36)32-19-6-7-21-17(12-19)2-1-10-31-21)25(35)27-29(30,24(18)26(22)38-27)9-11-33(23)15-16-3-4-16/h1-2,5-8,10,12,16,20,23,27,34,37H,3-4,9,11,13-15H2,(H,32,36)/t20?,23-,27+,29+,30-/m1/s1. The molecule has 0 radical (unpaired) electrons. The summed E-state index contributed by atoms with van der Waals surface area (Å²) in [5.74, 6) is -0.907. The minimum Gasteiger partial charge on any atom is -0.504 e. The molecule has 1 aromatic heterocycles. The Morgan fingerprint density at radius 1 is 1.21 bits per heavy atom. The molecule has 1 saturated heterocycles. The average molecular weight is 512 g/mol. The molecule has 8 nitrogen and oxygen atoms in total. The number of phenols is 1. The number of carbonyl (C=O) groups is 2. The van der Waals surface area contributed by atoms with E-state index in [0.29, 0.717) is 30.2 Å². The molecule has 2 aliphatic heterocycles. The lowest BCUT2D eigenvalue weighted by molar-refractivity contribution is -0.197. The van der Waals surface area contributed by atoms with Crippen molar-refractivity contribution in [2.45, 2.75) is 55.3 Å². The third kappa shape index (κ3) is 2.85. The Balaban J connectivity index is 1.20. The van der Waals surface area contributed by atoms with Crippen LogP contribution in [0.4, 0.5) is 5.69 Å². The molecular weight excluding hydrogens is 482 g/mol. The molecule has 2 aromatic carbocycles. The number of pyridine rings is 1. The number of phenolic OH excluding ortho intramolecular Hbond substituents is 1. The van der Waals surface area contributed by atoms with Crippen molar-refractivity contribution in [2.24, 2.45) is 11.8 Å². The summed E-state index contributed by atoms with van der Waals surface area (Å²) in [6, 6.07) is 12.5. The van der Waals surface area contributed by atoms with Crippen molar-refractivity contribution in [1.82, 2.24) is 9.88 Å².